The first-order valence-corrected chi connectivity index (χ1v) is 23.5. The Morgan fingerprint density at radius 3 is 1.77 bits per heavy atom. The monoisotopic (exact) mass is 873 g/mol. The summed E-state index contributed by atoms with van der Waals surface area (Å²) in [5.74, 6) is 0.0495. The number of phenols is 1. The molecule has 0 spiro atoms. The van der Waals surface area contributed by atoms with Gasteiger partial charge in [0.1, 0.15) is 11.6 Å². The van der Waals surface area contributed by atoms with Crippen LogP contribution in [0.1, 0.15) is 138 Å². The lowest BCUT2D eigenvalue weighted by Gasteiger charge is -2.27. The maximum Gasteiger partial charge on any atom is 0.149 e. The lowest BCUT2D eigenvalue weighted by Crippen LogP contribution is -2.17. The summed E-state index contributed by atoms with van der Waals surface area (Å²) < 4.78 is 11.4. The van der Waals surface area contributed by atoms with E-state index in [1.165, 1.54) is 16.7 Å². The maximum absolute atomic E-state index is 12.6. The van der Waals surface area contributed by atoms with Crippen molar-refractivity contribution in [3.05, 3.63) is 167 Å². The first-order valence-electron chi connectivity index (χ1n) is 24.0. The molecule has 0 aliphatic heterocycles. The van der Waals surface area contributed by atoms with Crippen molar-refractivity contribution in [2.45, 2.75) is 131 Å². The number of hydrogen-bond donors (Lipinski definition) is 1. The number of para-hydroxylation sites is 1. The number of nitrogens with zero attached hydrogens (tertiary/aromatic N) is 3. The largest absolute Gasteiger partial charge is 0.507 e. The van der Waals surface area contributed by atoms with E-state index in [0.29, 0.717) is 11.4 Å². The minimum atomic E-state index is -0.836. The van der Waals surface area contributed by atoms with E-state index in [1.54, 1.807) is 0 Å². The third kappa shape index (κ3) is 9.12. The molecule has 8 rings (SSSR count). The van der Waals surface area contributed by atoms with Crippen molar-refractivity contribution < 1.29 is 6.48 Å². The Hall–Kier alpha value is -6.26. The molecule has 0 saturated heterocycles. The summed E-state index contributed by atoms with van der Waals surface area (Å²) in [6.45, 7) is 32.6. The Bertz CT molecular complexity index is 3140. The van der Waals surface area contributed by atoms with Crippen molar-refractivity contribution in [3.8, 4) is 67.5 Å². The second-order valence-electron chi connectivity index (χ2n) is 22.8. The summed E-state index contributed by atoms with van der Waals surface area (Å²) in [5, 5.41) is 12.6. The molecule has 4 heteroatoms. The molecular weight excluding hydrogens is 803 g/mol. The van der Waals surface area contributed by atoms with E-state index in [4.69, 9.17) is 11.3 Å². The van der Waals surface area contributed by atoms with Gasteiger partial charge in [-0.05, 0) is 128 Å². The minimum Gasteiger partial charge on any atom is -0.507 e. The summed E-state index contributed by atoms with van der Waals surface area (Å²) in [4.78, 5) is 10.7. The molecule has 2 heterocycles. The lowest BCUT2D eigenvalue weighted by molar-refractivity contribution is 0.446. The Labute approximate surface area is 396 Å². The number of hydrogen-bond acceptors (Lipinski definition) is 3. The predicted octanol–water partition coefficient (Wildman–Crippen LogP) is 17.1. The van der Waals surface area contributed by atoms with E-state index in [9.17, 15) is 5.11 Å². The molecule has 8 aromatic rings. The molecule has 0 bridgehead atoms. The summed E-state index contributed by atoms with van der Waals surface area (Å²) in [6.07, 6.45) is 1.91. The summed E-state index contributed by atoms with van der Waals surface area (Å²) in [7, 11) is 0. The maximum atomic E-state index is 12.6. The summed E-state index contributed by atoms with van der Waals surface area (Å²) >= 11 is 0. The Kier molecular flexibility index (Phi) is 11.5. The van der Waals surface area contributed by atoms with Crippen molar-refractivity contribution in [1.82, 2.24) is 14.5 Å². The van der Waals surface area contributed by atoms with Crippen LogP contribution >= 0.6 is 0 Å². The Morgan fingerprint density at radius 1 is 0.530 bits per heavy atom. The number of benzene rings is 6. The quantitative estimate of drug-likeness (QED) is 0.174. The van der Waals surface area contributed by atoms with E-state index in [-0.39, 0.29) is 27.4 Å². The van der Waals surface area contributed by atoms with E-state index in [0.717, 1.165) is 78.0 Å². The van der Waals surface area contributed by atoms with Gasteiger partial charge < -0.3 is 5.11 Å². The van der Waals surface area contributed by atoms with E-state index < -0.39 is 5.89 Å². The van der Waals surface area contributed by atoms with Crippen LogP contribution in [0, 0.1) is 6.92 Å². The zero-order chi connectivity index (χ0) is 48.6. The molecule has 6 aromatic carbocycles. The Morgan fingerprint density at radius 2 is 1.15 bits per heavy atom. The third-order valence-electron chi connectivity index (χ3n) is 13.1. The van der Waals surface area contributed by atoms with Gasteiger partial charge in [0, 0.05) is 29.8 Å². The highest BCUT2D eigenvalue weighted by Gasteiger charge is 2.30. The number of aryl methyl sites for hydroxylation is 1. The second kappa shape index (κ2) is 16.9. The highest BCUT2D eigenvalue weighted by molar-refractivity contribution is 5.98. The van der Waals surface area contributed by atoms with Gasteiger partial charge >= 0.3 is 0 Å². The molecule has 0 aliphatic carbocycles. The highest BCUT2D eigenvalue weighted by Crippen LogP contribution is 2.46. The van der Waals surface area contributed by atoms with Crippen LogP contribution in [-0.2, 0) is 21.7 Å². The van der Waals surface area contributed by atoms with Gasteiger partial charge in [-0.25, -0.2) is 4.98 Å². The molecular formula is C62H69N3O. The molecule has 0 saturated carbocycles. The molecule has 0 unspecified atom stereocenters. The van der Waals surface area contributed by atoms with Gasteiger partial charge in [-0.1, -0.05) is 181 Å². The number of pyridine rings is 1. The van der Waals surface area contributed by atoms with E-state index >= 15 is 0 Å². The minimum absolute atomic E-state index is 0.0129. The molecule has 0 atom stereocenters. The first kappa shape index (κ1) is 44.9. The van der Waals surface area contributed by atoms with Gasteiger partial charge in [-0.3, -0.25) is 9.55 Å². The number of fused-ring (bicyclic) bond motifs is 1. The van der Waals surface area contributed by atoms with E-state index in [1.807, 2.05) is 20.0 Å². The average Bonchev–Trinajstić information content (AvgIpc) is 3.64. The SMILES string of the molecule is [2H]C(C)(C)c1ccc(-n2c(-c3cc(C(C)(C)C)cc(C(C)(C)C)c3O)nc3c(-c4cc(-c5cc(-c6ccc(C)cc6)ccn5)cc(C(C)(C)C)c4)cccc32)c(-c2ccc(C(C)(C)C)cc2)c1. The van der Waals surface area contributed by atoms with Gasteiger partial charge in [-0.15, -0.1) is 0 Å². The van der Waals surface area contributed by atoms with Crippen LogP contribution in [0.15, 0.2) is 134 Å². The first-order chi connectivity index (χ1) is 31.2. The van der Waals surface area contributed by atoms with Crippen LogP contribution in [0.4, 0.5) is 0 Å². The molecule has 4 nitrogen and oxygen atoms in total. The molecule has 338 valence electrons. The molecule has 66 heavy (non-hydrogen) atoms. The van der Waals surface area contributed by atoms with Crippen LogP contribution in [-0.4, -0.2) is 19.6 Å². The molecule has 0 fully saturated rings. The highest BCUT2D eigenvalue weighted by atomic mass is 16.3. The molecule has 2 aromatic heterocycles. The van der Waals surface area contributed by atoms with Gasteiger partial charge in [0.25, 0.3) is 0 Å². The fourth-order valence-corrected chi connectivity index (χ4v) is 8.87. The van der Waals surface area contributed by atoms with Crippen molar-refractivity contribution >= 4 is 11.0 Å². The summed E-state index contributed by atoms with van der Waals surface area (Å²) in [6, 6.07) is 45.8. The average molecular weight is 873 g/mol. The predicted molar refractivity (Wildman–Crippen MR) is 281 cm³/mol. The zero-order valence-electron chi connectivity index (χ0n) is 43.0. The van der Waals surface area contributed by atoms with E-state index in [2.05, 4.69) is 222 Å². The normalized spacial score (nSPS) is 13.0. The van der Waals surface area contributed by atoms with Gasteiger partial charge in [0.15, 0.2) is 0 Å². The third-order valence-corrected chi connectivity index (χ3v) is 13.1. The summed E-state index contributed by atoms with van der Waals surface area (Å²) in [5.41, 5.74) is 17.5. The lowest BCUT2D eigenvalue weighted by atomic mass is 9.79. The van der Waals surface area contributed by atoms with Crippen LogP contribution in [0.2, 0.25) is 0 Å². The number of aromatic nitrogens is 3. The fraction of sp³-hybridized carbons (Fsp3) is 0.323. The fourth-order valence-electron chi connectivity index (χ4n) is 8.87. The van der Waals surface area contributed by atoms with Crippen molar-refractivity contribution in [2.75, 3.05) is 0 Å². The molecule has 1 N–H and O–H groups in total. The standard InChI is InChI=1S/C62H69N3O/c1-38(2)42-25-28-54(50(34-42)41-23-26-46(27-24-41)59(4,5)6)65-55-18-16-17-49(56(55)64-58(65)51-36-48(61(10,11)12)37-52(57(51)66)62(13,14)15)44-31-45(33-47(32-44)60(7,8)9)53-35-43(29-30-63-53)40-21-19-39(3)20-22-40/h16-38,66H,1-15H3/i38D. The van der Waals surface area contributed by atoms with Crippen molar-refractivity contribution in [3.63, 3.8) is 0 Å². The van der Waals surface area contributed by atoms with Gasteiger partial charge in [0.2, 0.25) is 0 Å². The zero-order valence-corrected chi connectivity index (χ0v) is 42.0. The molecule has 0 aliphatic rings. The van der Waals surface area contributed by atoms with Crippen LogP contribution < -0.4 is 0 Å². The Balaban J connectivity index is 1.46. The number of aromatic hydroxyl groups is 1. The van der Waals surface area contributed by atoms with Crippen molar-refractivity contribution in [1.29, 1.82) is 0 Å². The van der Waals surface area contributed by atoms with Crippen LogP contribution in [0.3, 0.4) is 0 Å². The van der Waals surface area contributed by atoms with Crippen molar-refractivity contribution in [2.24, 2.45) is 0 Å². The topological polar surface area (TPSA) is 50.9 Å². The second-order valence-corrected chi connectivity index (χ2v) is 22.8. The van der Waals surface area contributed by atoms with Gasteiger partial charge in [0.05, 0.1) is 28.0 Å². The number of phenolic OH excluding ortho intramolecular Hbond substituents is 1. The number of imidazole rings is 1. The molecule has 0 radical (unpaired) electrons. The number of rotatable bonds is 7. The smallest absolute Gasteiger partial charge is 0.149 e. The van der Waals surface area contributed by atoms with Crippen LogP contribution in [0.5, 0.6) is 5.75 Å². The molecule has 0 amide bonds. The van der Waals surface area contributed by atoms with Crippen LogP contribution in [0.25, 0.3) is 72.7 Å². The van der Waals surface area contributed by atoms with Gasteiger partial charge in [-0.2, -0.15) is 0 Å².